The van der Waals surface area contributed by atoms with Gasteiger partial charge in [-0.15, -0.1) is 0 Å². The van der Waals surface area contributed by atoms with Crippen LogP contribution in [0.2, 0.25) is 0 Å². The average Bonchev–Trinajstić information content (AvgIpc) is 2.23. The Bertz CT molecular complexity index is 128. The fourth-order valence-corrected chi connectivity index (χ4v) is 2.59. The summed E-state index contributed by atoms with van der Waals surface area (Å²) in [6.45, 7) is 0. The Morgan fingerprint density at radius 1 is 1.25 bits per heavy atom. The molecule has 0 aromatic heterocycles. The predicted molar refractivity (Wildman–Crippen MR) is 38.1 cm³/mol. The Kier molecular flexibility index (Phi) is 1.01. The first kappa shape index (κ1) is 5.04. The quantitative estimate of drug-likeness (QED) is 0.389. The first-order valence-corrected chi connectivity index (χ1v) is 4.10. The van der Waals surface area contributed by atoms with Crippen LogP contribution in [0.3, 0.4) is 0 Å². The van der Waals surface area contributed by atoms with Crippen LogP contribution < -0.4 is 0 Å². The summed E-state index contributed by atoms with van der Waals surface area (Å²) in [5.41, 5.74) is 0. The molecule has 2 aliphatic carbocycles. The number of fused-ring (bicyclic) bond motifs is 2. The lowest BCUT2D eigenvalue weighted by molar-refractivity contribution is 0.693. The standard InChI is InChI=1S/C7H9Br/c8-7-4-5-1-2-6(7)3-5/h1-2,5-7H,3-4H2/t5-,6+,7+/m1/s1. The van der Waals surface area contributed by atoms with Gasteiger partial charge in [0.05, 0.1) is 0 Å². The summed E-state index contributed by atoms with van der Waals surface area (Å²) in [5, 5.41) is 0. The molecule has 0 N–H and O–H groups in total. The molecular weight excluding hydrogens is 164 g/mol. The number of hydrogen-bond acceptors (Lipinski definition) is 0. The van der Waals surface area contributed by atoms with E-state index >= 15 is 0 Å². The zero-order valence-electron chi connectivity index (χ0n) is 4.68. The third kappa shape index (κ3) is 0.572. The van der Waals surface area contributed by atoms with Gasteiger partial charge in [0.1, 0.15) is 0 Å². The Balaban J connectivity index is 2.23. The number of alkyl halides is 1. The zero-order chi connectivity index (χ0) is 5.56. The van der Waals surface area contributed by atoms with E-state index in [4.69, 9.17) is 0 Å². The molecule has 3 atom stereocenters. The van der Waals surface area contributed by atoms with Gasteiger partial charge in [-0.25, -0.2) is 0 Å². The molecule has 0 spiro atoms. The highest BCUT2D eigenvalue weighted by molar-refractivity contribution is 9.09. The molecule has 0 aromatic carbocycles. The van der Waals surface area contributed by atoms with Crippen molar-refractivity contribution >= 4 is 15.9 Å². The van der Waals surface area contributed by atoms with Crippen molar-refractivity contribution < 1.29 is 0 Å². The molecule has 8 heavy (non-hydrogen) atoms. The van der Waals surface area contributed by atoms with Gasteiger partial charge in [-0.2, -0.15) is 0 Å². The van der Waals surface area contributed by atoms with Crippen molar-refractivity contribution in [2.24, 2.45) is 11.8 Å². The van der Waals surface area contributed by atoms with Crippen LogP contribution in [-0.2, 0) is 0 Å². The monoisotopic (exact) mass is 172 g/mol. The van der Waals surface area contributed by atoms with Crippen molar-refractivity contribution in [3.05, 3.63) is 12.2 Å². The molecular formula is C7H9Br. The SMILES string of the molecule is Br[C@H]1C[C@@H]2C=C[C@H]1C2. The largest absolute Gasteiger partial charge is 0.0884 e. The van der Waals surface area contributed by atoms with E-state index in [9.17, 15) is 0 Å². The maximum Gasteiger partial charge on any atom is 0.0214 e. The number of allylic oxidation sites excluding steroid dienone is 2. The van der Waals surface area contributed by atoms with Crippen LogP contribution in [0.4, 0.5) is 0 Å². The first-order valence-electron chi connectivity index (χ1n) is 3.18. The van der Waals surface area contributed by atoms with Crippen LogP contribution in [0.1, 0.15) is 12.8 Å². The highest BCUT2D eigenvalue weighted by Gasteiger charge is 2.33. The molecule has 0 aromatic rings. The van der Waals surface area contributed by atoms with Crippen LogP contribution in [0.5, 0.6) is 0 Å². The van der Waals surface area contributed by atoms with Crippen LogP contribution >= 0.6 is 15.9 Å². The summed E-state index contributed by atoms with van der Waals surface area (Å²) in [6.07, 6.45) is 7.51. The van der Waals surface area contributed by atoms with Crippen molar-refractivity contribution in [1.29, 1.82) is 0 Å². The molecule has 2 aliphatic rings. The summed E-state index contributed by atoms with van der Waals surface area (Å²) >= 11 is 3.64. The lowest BCUT2D eigenvalue weighted by Gasteiger charge is -2.07. The van der Waals surface area contributed by atoms with E-state index in [0.29, 0.717) is 0 Å². The van der Waals surface area contributed by atoms with Crippen LogP contribution in [0, 0.1) is 11.8 Å². The van der Waals surface area contributed by atoms with Gasteiger partial charge in [0.2, 0.25) is 0 Å². The maximum atomic E-state index is 3.64. The highest BCUT2D eigenvalue weighted by Crippen LogP contribution is 2.42. The molecule has 0 aliphatic heterocycles. The summed E-state index contributed by atoms with van der Waals surface area (Å²) in [6, 6.07) is 0. The van der Waals surface area contributed by atoms with Gasteiger partial charge in [0.25, 0.3) is 0 Å². The molecule has 0 unspecified atom stereocenters. The lowest BCUT2D eigenvalue weighted by atomic mass is 10.1. The predicted octanol–water partition coefficient (Wildman–Crippen LogP) is 2.35. The molecule has 44 valence electrons. The molecule has 0 amide bonds. The van der Waals surface area contributed by atoms with E-state index in [2.05, 4.69) is 28.1 Å². The minimum atomic E-state index is 0.803. The van der Waals surface area contributed by atoms with Gasteiger partial charge in [-0.05, 0) is 24.7 Å². The first-order chi connectivity index (χ1) is 3.86. The molecule has 2 rings (SSSR count). The molecule has 2 bridgehead atoms. The number of rotatable bonds is 0. The van der Waals surface area contributed by atoms with E-state index in [1.165, 1.54) is 12.8 Å². The summed E-state index contributed by atoms with van der Waals surface area (Å²) in [4.78, 5) is 0.803. The Hall–Kier alpha value is 0.220. The van der Waals surface area contributed by atoms with Gasteiger partial charge < -0.3 is 0 Å². The van der Waals surface area contributed by atoms with Crippen molar-refractivity contribution in [2.75, 3.05) is 0 Å². The van der Waals surface area contributed by atoms with E-state index < -0.39 is 0 Å². The van der Waals surface area contributed by atoms with E-state index in [1.54, 1.807) is 0 Å². The van der Waals surface area contributed by atoms with Crippen LogP contribution in [0.15, 0.2) is 12.2 Å². The topological polar surface area (TPSA) is 0 Å². The van der Waals surface area contributed by atoms with Crippen molar-refractivity contribution in [3.63, 3.8) is 0 Å². The summed E-state index contributed by atoms with van der Waals surface area (Å²) < 4.78 is 0. The van der Waals surface area contributed by atoms with E-state index in [1.807, 2.05) is 0 Å². The second kappa shape index (κ2) is 1.60. The molecule has 1 saturated carbocycles. The maximum absolute atomic E-state index is 3.64. The average molecular weight is 173 g/mol. The van der Waals surface area contributed by atoms with Gasteiger partial charge in [0.15, 0.2) is 0 Å². The van der Waals surface area contributed by atoms with Crippen LogP contribution in [0.25, 0.3) is 0 Å². The molecule has 0 heterocycles. The molecule has 0 saturated heterocycles. The normalized spacial score (nSPS) is 50.9. The summed E-state index contributed by atoms with van der Waals surface area (Å²) in [7, 11) is 0. The van der Waals surface area contributed by atoms with E-state index in [0.717, 1.165) is 16.7 Å². The number of halogens is 1. The zero-order valence-corrected chi connectivity index (χ0v) is 6.26. The van der Waals surface area contributed by atoms with Crippen molar-refractivity contribution in [2.45, 2.75) is 17.7 Å². The highest BCUT2D eigenvalue weighted by atomic mass is 79.9. The smallest absolute Gasteiger partial charge is 0.0214 e. The molecule has 0 radical (unpaired) electrons. The fraction of sp³-hybridized carbons (Fsp3) is 0.714. The number of hydrogen-bond donors (Lipinski definition) is 0. The molecule has 1 fully saturated rings. The van der Waals surface area contributed by atoms with Crippen molar-refractivity contribution in [3.8, 4) is 0 Å². The second-order valence-electron chi connectivity index (χ2n) is 2.80. The van der Waals surface area contributed by atoms with Gasteiger partial charge in [0, 0.05) is 4.83 Å². The third-order valence-corrected chi connectivity index (χ3v) is 3.25. The van der Waals surface area contributed by atoms with Gasteiger partial charge in [-0.3, -0.25) is 0 Å². The minimum Gasteiger partial charge on any atom is -0.0884 e. The van der Waals surface area contributed by atoms with Gasteiger partial charge >= 0.3 is 0 Å². The van der Waals surface area contributed by atoms with Crippen molar-refractivity contribution in [1.82, 2.24) is 0 Å². The minimum absolute atomic E-state index is 0.803. The fourth-order valence-electron chi connectivity index (χ4n) is 1.71. The van der Waals surface area contributed by atoms with Crippen LogP contribution in [-0.4, -0.2) is 4.83 Å². The van der Waals surface area contributed by atoms with Gasteiger partial charge in [-0.1, -0.05) is 28.1 Å². The lowest BCUT2D eigenvalue weighted by Crippen LogP contribution is -2.03. The molecule has 0 nitrogen and oxygen atoms in total. The Morgan fingerprint density at radius 3 is 2.38 bits per heavy atom. The molecule has 1 heteroatoms. The third-order valence-electron chi connectivity index (χ3n) is 2.20. The Labute approximate surface area is 58.1 Å². The summed E-state index contributed by atoms with van der Waals surface area (Å²) in [5.74, 6) is 1.80. The van der Waals surface area contributed by atoms with E-state index in [-0.39, 0.29) is 0 Å². The second-order valence-corrected chi connectivity index (χ2v) is 3.97. The Morgan fingerprint density at radius 2 is 2.12 bits per heavy atom.